The summed E-state index contributed by atoms with van der Waals surface area (Å²) in [6, 6.07) is 8.26. The van der Waals surface area contributed by atoms with E-state index in [0.717, 1.165) is 5.56 Å². The monoisotopic (exact) mass is 248 g/mol. The van der Waals surface area contributed by atoms with Crippen LogP contribution >= 0.6 is 0 Å². The van der Waals surface area contributed by atoms with Gasteiger partial charge in [0.25, 0.3) is 0 Å². The van der Waals surface area contributed by atoms with Gasteiger partial charge in [0.15, 0.2) is 0 Å². The highest BCUT2D eigenvalue weighted by molar-refractivity contribution is 5.75. The summed E-state index contributed by atoms with van der Waals surface area (Å²) in [4.78, 5) is 11.4. The predicted octanol–water partition coefficient (Wildman–Crippen LogP) is 2.84. The van der Waals surface area contributed by atoms with Crippen LogP contribution in [0.4, 0.5) is 0 Å². The van der Waals surface area contributed by atoms with Crippen LogP contribution in [0.15, 0.2) is 24.3 Å². The Balaban J connectivity index is 2.15. The minimum atomic E-state index is -0.743. The maximum atomic E-state index is 11.4. The molecule has 3 heteroatoms. The molecule has 0 bridgehead atoms. The van der Waals surface area contributed by atoms with Gasteiger partial charge in [-0.05, 0) is 29.9 Å². The van der Waals surface area contributed by atoms with Gasteiger partial charge in [-0.2, -0.15) is 0 Å². The predicted molar refractivity (Wildman–Crippen MR) is 69.7 cm³/mol. The normalized spacial score (nSPS) is 23.5. The van der Waals surface area contributed by atoms with Gasteiger partial charge in [0, 0.05) is 6.61 Å². The lowest BCUT2D eigenvalue weighted by Gasteiger charge is -2.22. The third-order valence-corrected chi connectivity index (χ3v) is 3.75. The molecule has 18 heavy (non-hydrogen) atoms. The van der Waals surface area contributed by atoms with Crippen molar-refractivity contribution in [1.82, 2.24) is 0 Å². The van der Waals surface area contributed by atoms with E-state index in [1.165, 1.54) is 5.56 Å². The number of aliphatic carboxylic acids is 1. The smallest absolute Gasteiger partial charge is 0.312 e. The molecular formula is C15H20O3. The highest BCUT2D eigenvalue weighted by atomic mass is 16.5. The van der Waals surface area contributed by atoms with E-state index in [0.29, 0.717) is 32.0 Å². The topological polar surface area (TPSA) is 46.5 Å². The summed E-state index contributed by atoms with van der Waals surface area (Å²) in [6.07, 6.45) is 1.16. The number of rotatable bonds is 4. The van der Waals surface area contributed by atoms with Gasteiger partial charge in [-0.3, -0.25) is 4.79 Å². The molecule has 1 unspecified atom stereocenters. The fourth-order valence-electron chi connectivity index (χ4n) is 2.40. The van der Waals surface area contributed by atoms with Crippen molar-refractivity contribution in [2.75, 3.05) is 13.2 Å². The Kier molecular flexibility index (Phi) is 3.71. The number of hydrogen-bond donors (Lipinski definition) is 1. The van der Waals surface area contributed by atoms with E-state index in [4.69, 9.17) is 4.74 Å². The molecule has 0 saturated carbocycles. The molecule has 0 amide bonds. The molecule has 1 aliphatic heterocycles. The average molecular weight is 248 g/mol. The largest absolute Gasteiger partial charge is 0.481 e. The van der Waals surface area contributed by atoms with Gasteiger partial charge in [0.05, 0.1) is 12.0 Å². The van der Waals surface area contributed by atoms with Crippen molar-refractivity contribution in [2.45, 2.75) is 32.6 Å². The third-order valence-electron chi connectivity index (χ3n) is 3.75. The maximum absolute atomic E-state index is 11.4. The minimum absolute atomic E-state index is 0.328. The van der Waals surface area contributed by atoms with Crippen LogP contribution in [0.5, 0.6) is 0 Å². The average Bonchev–Trinajstić information content (AvgIpc) is 2.79. The van der Waals surface area contributed by atoms with Crippen molar-refractivity contribution in [3.8, 4) is 0 Å². The van der Waals surface area contributed by atoms with Crippen LogP contribution in [-0.4, -0.2) is 24.3 Å². The first-order valence-corrected chi connectivity index (χ1v) is 6.43. The lowest BCUT2D eigenvalue weighted by molar-refractivity contribution is -0.148. The number of hydrogen-bond acceptors (Lipinski definition) is 2. The Morgan fingerprint density at radius 3 is 2.50 bits per heavy atom. The number of carboxylic acid groups (broad SMARTS) is 1. The molecule has 1 heterocycles. The highest BCUT2D eigenvalue weighted by Gasteiger charge is 2.42. The maximum Gasteiger partial charge on any atom is 0.312 e. The summed E-state index contributed by atoms with van der Waals surface area (Å²) < 4.78 is 5.28. The molecule has 0 radical (unpaired) electrons. The second kappa shape index (κ2) is 5.11. The van der Waals surface area contributed by atoms with E-state index >= 15 is 0 Å². The van der Waals surface area contributed by atoms with Gasteiger partial charge in [-0.25, -0.2) is 0 Å². The Labute approximate surface area is 108 Å². The molecule has 1 aromatic carbocycles. The molecule has 1 saturated heterocycles. The summed E-state index contributed by atoms with van der Waals surface area (Å²) in [5, 5.41) is 9.39. The van der Waals surface area contributed by atoms with E-state index in [1.54, 1.807) is 0 Å². The van der Waals surface area contributed by atoms with E-state index in [2.05, 4.69) is 26.0 Å². The molecule has 3 nitrogen and oxygen atoms in total. The summed E-state index contributed by atoms with van der Waals surface area (Å²) in [5.41, 5.74) is 1.64. The first-order chi connectivity index (χ1) is 8.53. The zero-order chi connectivity index (χ0) is 13.2. The van der Waals surface area contributed by atoms with Crippen molar-refractivity contribution in [3.05, 3.63) is 35.4 Å². The Bertz CT molecular complexity index is 414. The number of carbonyl (C=O) groups is 1. The summed E-state index contributed by atoms with van der Waals surface area (Å²) in [7, 11) is 0. The van der Waals surface area contributed by atoms with Gasteiger partial charge in [0.2, 0.25) is 0 Å². The molecule has 1 fully saturated rings. The number of carboxylic acids is 1. The van der Waals surface area contributed by atoms with Crippen LogP contribution in [0.2, 0.25) is 0 Å². The SMILES string of the molecule is CC(C)c1ccc(CC2(C(=O)O)CCOC2)cc1. The van der Waals surface area contributed by atoms with Crippen LogP contribution in [0, 0.1) is 5.41 Å². The number of ether oxygens (including phenoxy) is 1. The molecule has 0 aliphatic carbocycles. The van der Waals surface area contributed by atoms with Crippen LogP contribution in [-0.2, 0) is 16.0 Å². The van der Waals surface area contributed by atoms with Crippen molar-refractivity contribution < 1.29 is 14.6 Å². The highest BCUT2D eigenvalue weighted by Crippen LogP contribution is 2.33. The van der Waals surface area contributed by atoms with Crippen LogP contribution < -0.4 is 0 Å². The second-order valence-electron chi connectivity index (χ2n) is 5.46. The summed E-state index contributed by atoms with van der Waals surface area (Å²) in [6.45, 7) is 5.18. The first kappa shape index (κ1) is 13.1. The van der Waals surface area contributed by atoms with Gasteiger partial charge in [-0.15, -0.1) is 0 Å². The van der Waals surface area contributed by atoms with Gasteiger partial charge >= 0.3 is 5.97 Å². The fourth-order valence-corrected chi connectivity index (χ4v) is 2.40. The van der Waals surface area contributed by atoms with Crippen LogP contribution in [0.25, 0.3) is 0 Å². The zero-order valence-electron chi connectivity index (χ0n) is 11.0. The third kappa shape index (κ3) is 2.56. The number of benzene rings is 1. The Morgan fingerprint density at radius 2 is 2.06 bits per heavy atom. The van der Waals surface area contributed by atoms with Gasteiger partial charge in [0.1, 0.15) is 0 Å². The van der Waals surface area contributed by atoms with Crippen molar-refractivity contribution in [2.24, 2.45) is 5.41 Å². The van der Waals surface area contributed by atoms with Gasteiger partial charge in [-0.1, -0.05) is 38.1 Å². The van der Waals surface area contributed by atoms with Crippen molar-refractivity contribution in [1.29, 1.82) is 0 Å². The molecule has 1 atom stereocenters. The molecule has 0 aromatic heterocycles. The quantitative estimate of drug-likeness (QED) is 0.891. The lowest BCUT2D eigenvalue weighted by atomic mass is 9.81. The van der Waals surface area contributed by atoms with E-state index in [-0.39, 0.29) is 0 Å². The molecule has 1 aromatic rings. The zero-order valence-corrected chi connectivity index (χ0v) is 11.0. The van der Waals surface area contributed by atoms with E-state index in [9.17, 15) is 9.90 Å². The van der Waals surface area contributed by atoms with Gasteiger partial charge < -0.3 is 9.84 Å². The van der Waals surface area contributed by atoms with E-state index in [1.807, 2.05) is 12.1 Å². The van der Waals surface area contributed by atoms with Crippen molar-refractivity contribution in [3.63, 3.8) is 0 Å². The van der Waals surface area contributed by atoms with Crippen LogP contribution in [0.1, 0.15) is 37.3 Å². The summed E-state index contributed by atoms with van der Waals surface area (Å²) in [5.74, 6) is -0.241. The molecule has 1 N–H and O–H groups in total. The Morgan fingerprint density at radius 1 is 1.39 bits per heavy atom. The van der Waals surface area contributed by atoms with E-state index < -0.39 is 11.4 Å². The van der Waals surface area contributed by atoms with Crippen molar-refractivity contribution >= 4 is 5.97 Å². The Hall–Kier alpha value is -1.35. The first-order valence-electron chi connectivity index (χ1n) is 6.43. The molecule has 2 rings (SSSR count). The standard InChI is InChI=1S/C15H20O3/c1-11(2)13-5-3-12(4-6-13)9-15(14(16)17)7-8-18-10-15/h3-6,11H,7-10H2,1-2H3,(H,16,17). The molecular weight excluding hydrogens is 228 g/mol. The minimum Gasteiger partial charge on any atom is -0.481 e. The second-order valence-corrected chi connectivity index (χ2v) is 5.46. The molecule has 0 spiro atoms. The fraction of sp³-hybridized carbons (Fsp3) is 0.533. The molecule has 1 aliphatic rings. The van der Waals surface area contributed by atoms with Crippen LogP contribution in [0.3, 0.4) is 0 Å². The molecule has 98 valence electrons. The summed E-state index contributed by atoms with van der Waals surface area (Å²) >= 11 is 0. The lowest BCUT2D eigenvalue weighted by Crippen LogP contribution is -2.33.